The Kier molecular flexibility index (Phi) is 3.11. The van der Waals surface area contributed by atoms with E-state index in [9.17, 15) is 4.79 Å². The number of hydrogen-bond donors (Lipinski definition) is 3. The van der Waals surface area contributed by atoms with E-state index in [0.717, 1.165) is 11.1 Å². The highest BCUT2D eigenvalue weighted by molar-refractivity contribution is 5.91. The van der Waals surface area contributed by atoms with Gasteiger partial charge in [0.15, 0.2) is 5.65 Å². The average Bonchev–Trinajstić information content (AvgIpc) is 2.90. The van der Waals surface area contributed by atoms with E-state index < -0.39 is 6.03 Å². The fraction of sp³-hybridized carbons (Fsp3) is 0.0769. The SMILES string of the molecule is COc1ccc(-c2nc3nnccc3[nH]2)cc1NC(N)=O. The van der Waals surface area contributed by atoms with E-state index in [-0.39, 0.29) is 0 Å². The van der Waals surface area contributed by atoms with E-state index in [2.05, 4.69) is 25.5 Å². The molecule has 21 heavy (non-hydrogen) atoms. The van der Waals surface area contributed by atoms with Crippen LogP contribution in [-0.2, 0) is 0 Å². The zero-order valence-electron chi connectivity index (χ0n) is 11.1. The minimum absolute atomic E-state index is 0.467. The van der Waals surface area contributed by atoms with E-state index in [0.29, 0.717) is 22.9 Å². The van der Waals surface area contributed by atoms with E-state index in [1.165, 1.54) is 7.11 Å². The second kappa shape index (κ2) is 5.08. The Morgan fingerprint density at radius 3 is 2.95 bits per heavy atom. The molecule has 0 atom stereocenters. The molecule has 2 heterocycles. The molecule has 0 spiro atoms. The Balaban J connectivity index is 2.07. The molecular weight excluding hydrogens is 272 g/mol. The number of anilines is 1. The molecule has 0 aliphatic carbocycles. The van der Waals surface area contributed by atoms with Gasteiger partial charge >= 0.3 is 6.03 Å². The number of nitrogens with zero attached hydrogens (tertiary/aromatic N) is 3. The number of amides is 2. The maximum atomic E-state index is 11.0. The van der Waals surface area contributed by atoms with Crippen molar-refractivity contribution in [3.8, 4) is 17.1 Å². The minimum Gasteiger partial charge on any atom is -0.495 e. The quantitative estimate of drug-likeness (QED) is 0.673. The highest BCUT2D eigenvalue weighted by Gasteiger charge is 2.11. The second-order valence-electron chi connectivity index (χ2n) is 4.26. The Hall–Kier alpha value is -3.16. The smallest absolute Gasteiger partial charge is 0.316 e. The summed E-state index contributed by atoms with van der Waals surface area (Å²) >= 11 is 0. The van der Waals surface area contributed by atoms with Gasteiger partial charge in [0.05, 0.1) is 24.5 Å². The van der Waals surface area contributed by atoms with E-state index in [4.69, 9.17) is 10.5 Å². The Morgan fingerprint density at radius 1 is 1.38 bits per heavy atom. The number of rotatable bonds is 3. The predicted octanol–water partition coefficient (Wildman–Crippen LogP) is 1.52. The van der Waals surface area contributed by atoms with Crippen LogP contribution in [0.2, 0.25) is 0 Å². The van der Waals surface area contributed by atoms with Gasteiger partial charge in [-0.3, -0.25) is 0 Å². The van der Waals surface area contributed by atoms with Crippen molar-refractivity contribution in [2.45, 2.75) is 0 Å². The van der Waals surface area contributed by atoms with Crippen molar-refractivity contribution < 1.29 is 9.53 Å². The van der Waals surface area contributed by atoms with Crippen molar-refractivity contribution in [3.05, 3.63) is 30.5 Å². The number of nitrogens with two attached hydrogens (primary N) is 1. The highest BCUT2D eigenvalue weighted by atomic mass is 16.5. The van der Waals surface area contributed by atoms with Gasteiger partial charge in [-0.25, -0.2) is 9.78 Å². The third kappa shape index (κ3) is 2.46. The normalized spacial score (nSPS) is 10.5. The molecule has 3 rings (SSSR count). The van der Waals surface area contributed by atoms with Crippen molar-refractivity contribution in [3.63, 3.8) is 0 Å². The lowest BCUT2D eigenvalue weighted by Crippen LogP contribution is -2.19. The Bertz CT molecular complexity index is 780. The first-order valence-corrected chi connectivity index (χ1v) is 6.09. The van der Waals surface area contributed by atoms with Crippen LogP contribution in [0, 0.1) is 0 Å². The van der Waals surface area contributed by atoms with Gasteiger partial charge < -0.3 is 20.8 Å². The van der Waals surface area contributed by atoms with Gasteiger partial charge in [0.2, 0.25) is 0 Å². The summed E-state index contributed by atoms with van der Waals surface area (Å²) in [4.78, 5) is 18.5. The summed E-state index contributed by atoms with van der Waals surface area (Å²) in [6.07, 6.45) is 1.58. The second-order valence-corrected chi connectivity index (χ2v) is 4.26. The summed E-state index contributed by atoms with van der Waals surface area (Å²) in [6.45, 7) is 0. The third-order valence-electron chi connectivity index (χ3n) is 2.90. The summed E-state index contributed by atoms with van der Waals surface area (Å²) in [5.74, 6) is 1.12. The highest BCUT2D eigenvalue weighted by Crippen LogP contribution is 2.29. The summed E-state index contributed by atoms with van der Waals surface area (Å²) < 4.78 is 5.17. The number of carbonyl (C=O) groups excluding carboxylic acids is 1. The predicted molar refractivity (Wildman–Crippen MR) is 76.9 cm³/mol. The van der Waals surface area contributed by atoms with Crippen molar-refractivity contribution in [2.75, 3.05) is 12.4 Å². The first-order chi connectivity index (χ1) is 10.2. The lowest BCUT2D eigenvalue weighted by Gasteiger charge is -2.09. The van der Waals surface area contributed by atoms with Gasteiger partial charge in [0.1, 0.15) is 11.6 Å². The van der Waals surface area contributed by atoms with Gasteiger partial charge in [-0.05, 0) is 24.3 Å². The molecule has 0 unspecified atom stereocenters. The molecule has 0 saturated carbocycles. The first kappa shape index (κ1) is 12.9. The molecule has 2 aromatic heterocycles. The van der Waals surface area contributed by atoms with Gasteiger partial charge in [0.25, 0.3) is 0 Å². The molecule has 3 aromatic rings. The van der Waals surface area contributed by atoms with Crippen LogP contribution in [0.4, 0.5) is 10.5 Å². The number of urea groups is 1. The number of imidazole rings is 1. The van der Waals surface area contributed by atoms with E-state index in [1.54, 1.807) is 24.4 Å². The number of ether oxygens (including phenoxy) is 1. The molecule has 0 aliphatic rings. The first-order valence-electron chi connectivity index (χ1n) is 6.09. The number of H-pyrrole nitrogens is 1. The van der Waals surface area contributed by atoms with Crippen LogP contribution < -0.4 is 15.8 Å². The maximum Gasteiger partial charge on any atom is 0.316 e. The zero-order chi connectivity index (χ0) is 14.8. The number of aromatic amines is 1. The van der Waals surface area contributed by atoms with Crippen molar-refractivity contribution >= 4 is 22.9 Å². The summed E-state index contributed by atoms with van der Waals surface area (Å²) in [5, 5.41) is 10.2. The van der Waals surface area contributed by atoms with Crippen molar-refractivity contribution in [1.29, 1.82) is 0 Å². The fourth-order valence-electron chi connectivity index (χ4n) is 1.99. The van der Waals surface area contributed by atoms with Gasteiger partial charge in [-0.1, -0.05) is 0 Å². The van der Waals surface area contributed by atoms with Crippen molar-refractivity contribution in [1.82, 2.24) is 20.2 Å². The summed E-state index contributed by atoms with van der Waals surface area (Å²) in [5.41, 5.74) is 7.68. The van der Waals surface area contributed by atoms with Crippen LogP contribution in [0.3, 0.4) is 0 Å². The number of hydrogen-bond acceptors (Lipinski definition) is 5. The molecule has 0 aliphatic heterocycles. The Morgan fingerprint density at radius 2 is 2.24 bits per heavy atom. The number of aromatic nitrogens is 4. The Labute approximate surface area is 119 Å². The number of methoxy groups -OCH3 is 1. The molecule has 0 bridgehead atoms. The van der Waals surface area contributed by atoms with Crippen LogP contribution in [0.25, 0.3) is 22.6 Å². The molecule has 8 nitrogen and oxygen atoms in total. The standard InChI is InChI=1S/C13H12N6O2/c1-21-10-3-2-7(6-9(10)17-13(14)20)11-16-8-4-5-15-19-12(8)18-11/h2-6H,1H3,(H3,14,17,20)(H,16,18,19). The van der Waals surface area contributed by atoms with E-state index in [1.807, 2.05) is 6.07 Å². The molecular formula is C13H12N6O2. The zero-order valence-corrected chi connectivity index (χ0v) is 11.1. The molecule has 8 heteroatoms. The summed E-state index contributed by atoms with van der Waals surface area (Å²) in [7, 11) is 1.51. The molecule has 0 saturated heterocycles. The fourth-order valence-corrected chi connectivity index (χ4v) is 1.99. The number of carbonyl (C=O) groups is 1. The van der Waals surface area contributed by atoms with Gasteiger partial charge in [0, 0.05) is 5.56 Å². The monoisotopic (exact) mass is 284 g/mol. The average molecular weight is 284 g/mol. The molecule has 106 valence electrons. The van der Waals surface area contributed by atoms with Crippen LogP contribution in [0.1, 0.15) is 0 Å². The van der Waals surface area contributed by atoms with Gasteiger partial charge in [-0.15, -0.1) is 5.10 Å². The molecule has 0 radical (unpaired) electrons. The largest absolute Gasteiger partial charge is 0.495 e. The van der Waals surface area contributed by atoms with Gasteiger partial charge in [-0.2, -0.15) is 5.10 Å². The lowest BCUT2D eigenvalue weighted by atomic mass is 10.1. The number of nitrogens with one attached hydrogen (secondary N) is 2. The van der Waals surface area contributed by atoms with Crippen LogP contribution in [0.15, 0.2) is 30.5 Å². The lowest BCUT2D eigenvalue weighted by molar-refractivity contribution is 0.259. The van der Waals surface area contributed by atoms with Crippen LogP contribution in [0.5, 0.6) is 5.75 Å². The molecule has 0 fully saturated rings. The molecule has 4 N–H and O–H groups in total. The number of benzene rings is 1. The summed E-state index contributed by atoms with van der Waals surface area (Å²) in [6, 6.07) is 6.37. The van der Waals surface area contributed by atoms with Crippen molar-refractivity contribution in [2.24, 2.45) is 5.73 Å². The topological polar surface area (TPSA) is 119 Å². The number of primary amides is 1. The maximum absolute atomic E-state index is 11.0. The molecule has 1 aromatic carbocycles. The third-order valence-corrected chi connectivity index (χ3v) is 2.90. The van der Waals surface area contributed by atoms with Crippen LogP contribution in [-0.4, -0.2) is 33.3 Å². The number of fused-ring (bicyclic) bond motifs is 1. The molecule has 2 amide bonds. The van der Waals surface area contributed by atoms with Crippen LogP contribution >= 0.6 is 0 Å². The van der Waals surface area contributed by atoms with E-state index >= 15 is 0 Å². The minimum atomic E-state index is -0.666.